The van der Waals surface area contributed by atoms with Gasteiger partial charge in [-0.05, 0) is 91.8 Å². The summed E-state index contributed by atoms with van der Waals surface area (Å²) >= 11 is 6.97. The Hall–Kier alpha value is -1.37. The van der Waals surface area contributed by atoms with Crippen LogP contribution in [0.5, 0.6) is 5.75 Å². The second-order valence-electron chi connectivity index (χ2n) is 11.2. The van der Waals surface area contributed by atoms with Crippen molar-refractivity contribution in [1.82, 2.24) is 0 Å². The molecule has 0 heterocycles. The molecule has 3 unspecified atom stereocenters. The number of methoxy groups -OCH3 is 1. The second kappa shape index (κ2) is 7.35. The summed E-state index contributed by atoms with van der Waals surface area (Å²) in [7, 11) is -0.208. The predicted octanol–water partition coefficient (Wildman–Crippen LogP) is 7.23. The van der Waals surface area contributed by atoms with Crippen LogP contribution in [0, 0.1) is 30.1 Å². The topological polar surface area (TPSA) is 18.5 Å². The highest BCUT2D eigenvalue weighted by Gasteiger charge is 2.53. The lowest BCUT2D eigenvalue weighted by Crippen LogP contribution is -2.48. The Labute approximate surface area is 188 Å². The lowest BCUT2D eigenvalue weighted by atomic mass is 9.53. The van der Waals surface area contributed by atoms with Crippen LogP contribution in [0.15, 0.2) is 23.8 Å². The first kappa shape index (κ1) is 21.8. The zero-order chi connectivity index (χ0) is 21.9. The van der Waals surface area contributed by atoms with Crippen molar-refractivity contribution in [1.29, 1.82) is 0 Å². The SMILES string of the molecule is C#Cc1ccc(/C(OC)=C2\C3CC4C[C@H]2CC(Cl)(C4)C3)cc1O[Si](C)(C)C(C)(C)C. The molecule has 4 bridgehead atoms. The van der Waals surface area contributed by atoms with Gasteiger partial charge < -0.3 is 9.16 Å². The summed E-state index contributed by atoms with van der Waals surface area (Å²) in [6.45, 7) is 11.3. The van der Waals surface area contributed by atoms with Crippen LogP contribution in [-0.2, 0) is 4.74 Å². The van der Waals surface area contributed by atoms with E-state index in [1.165, 1.54) is 24.8 Å². The molecule has 2 nitrogen and oxygen atoms in total. The van der Waals surface area contributed by atoms with Crippen LogP contribution in [0.25, 0.3) is 5.76 Å². The van der Waals surface area contributed by atoms with Crippen LogP contribution in [0.1, 0.15) is 64.0 Å². The Balaban J connectivity index is 1.75. The molecule has 4 aliphatic rings. The van der Waals surface area contributed by atoms with E-state index in [1.807, 2.05) is 6.07 Å². The van der Waals surface area contributed by atoms with Crippen molar-refractivity contribution in [2.45, 2.75) is 75.9 Å². The van der Waals surface area contributed by atoms with Crippen LogP contribution in [0.4, 0.5) is 0 Å². The van der Waals surface area contributed by atoms with E-state index in [0.29, 0.717) is 11.8 Å². The average molecular weight is 443 g/mol. The van der Waals surface area contributed by atoms with Crippen molar-refractivity contribution in [2.75, 3.05) is 7.11 Å². The molecule has 0 aliphatic heterocycles. The smallest absolute Gasteiger partial charge is 0.250 e. The molecule has 4 heteroatoms. The van der Waals surface area contributed by atoms with Gasteiger partial charge in [0.2, 0.25) is 0 Å². The van der Waals surface area contributed by atoms with E-state index in [9.17, 15) is 0 Å². The van der Waals surface area contributed by atoms with Crippen LogP contribution >= 0.6 is 11.6 Å². The Morgan fingerprint density at radius 3 is 2.30 bits per heavy atom. The van der Waals surface area contributed by atoms with Crippen LogP contribution in [0.2, 0.25) is 18.1 Å². The van der Waals surface area contributed by atoms with E-state index in [0.717, 1.165) is 41.4 Å². The monoisotopic (exact) mass is 442 g/mol. The molecule has 0 spiro atoms. The van der Waals surface area contributed by atoms with Gasteiger partial charge in [-0.3, -0.25) is 0 Å². The Bertz CT molecular complexity index is 900. The summed E-state index contributed by atoms with van der Waals surface area (Å²) in [4.78, 5) is 0.0166. The van der Waals surface area contributed by atoms with Gasteiger partial charge in [-0.15, -0.1) is 18.0 Å². The molecule has 30 heavy (non-hydrogen) atoms. The molecule has 4 aliphatic carbocycles. The molecule has 4 saturated carbocycles. The normalized spacial score (nSPS) is 32.0. The highest BCUT2D eigenvalue weighted by atomic mass is 35.5. The number of hydrogen-bond donors (Lipinski definition) is 0. The van der Waals surface area contributed by atoms with Crippen molar-refractivity contribution >= 4 is 25.7 Å². The minimum Gasteiger partial charge on any atom is -0.543 e. The lowest BCUT2D eigenvalue weighted by molar-refractivity contribution is 0.0843. The van der Waals surface area contributed by atoms with Crippen molar-refractivity contribution < 1.29 is 9.16 Å². The quantitative estimate of drug-likeness (QED) is 0.212. The van der Waals surface area contributed by atoms with E-state index in [4.69, 9.17) is 27.2 Å². The highest BCUT2D eigenvalue weighted by molar-refractivity contribution is 6.74. The maximum Gasteiger partial charge on any atom is 0.250 e. The van der Waals surface area contributed by atoms with Crippen molar-refractivity contribution in [3.8, 4) is 18.1 Å². The first-order valence-corrected chi connectivity index (χ1v) is 14.5. The minimum absolute atomic E-state index is 0.0166. The molecular formula is C26H35ClO2Si. The number of rotatable bonds is 4. The molecular weight excluding hydrogens is 408 g/mol. The van der Waals surface area contributed by atoms with Crippen LogP contribution < -0.4 is 4.43 Å². The van der Waals surface area contributed by atoms with Gasteiger partial charge >= 0.3 is 0 Å². The fourth-order valence-corrected chi connectivity index (χ4v) is 7.38. The van der Waals surface area contributed by atoms with Crippen molar-refractivity contribution in [3.05, 3.63) is 34.9 Å². The summed E-state index contributed by atoms with van der Waals surface area (Å²) < 4.78 is 12.7. The third kappa shape index (κ3) is 3.71. The first-order valence-electron chi connectivity index (χ1n) is 11.2. The largest absolute Gasteiger partial charge is 0.543 e. The number of halogens is 1. The molecule has 0 amide bonds. The maximum absolute atomic E-state index is 6.97. The summed E-state index contributed by atoms with van der Waals surface area (Å²) in [5.74, 6) is 6.51. The van der Waals surface area contributed by atoms with Gasteiger partial charge in [-0.25, -0.2) is 0 Å². The first-order chi connectivity index (χ1) is 14.0. The summed E-state index contributed by atoms with van der Waals surface area (Å²) in [5.41, 5.74) is 3.38. The summed E-state index contributed by atoms with van der Waals surface area (Å²) in [6.07, 6.45) is 11.7. The molecule has 0 aromatic heterocycles. The van der Waals surface area contributed by atoms with E-state index in [-0.39, 0.29) is 9.91 Å². The van der Waals surface area contributed by atoms with Crippen molar-refractivity contribution in [2.24, 2.45) is 17.8 Å². The number of allylic oxidation sites excluding steroid dienone is 1. The Kier molecular flexibility index (Phi) is 5.35. The van der Waals surface area contributed by atoms with Gasteiger partial charge in [0, 0.05) is 10.4 Å². The minimum atomic E-state index is -2.01. The van der Waals surface area contributed by atoms with Crippen LogP contribution in [0.3, 0.4) is 0 Å². The molecule has 4 fully saturated rings. The predicted molar refractivity (Wildman–Crippen MR) is 128 cm³/mol. The molecule has 0 N–H and O–H groups in total. The molecule has 4 atom stereocenters. The number of ether oxygens (including phenoxy) is 1. The zero-order valence-electron chi connectivity index (χ0n) is 19.3. The van der Waals surface area contributed by atoms with Gasteiger partial charge in [0.05, 0.1) is 12.7 Å². The fourth-order valence-electron chi connectivity index (χ4n) is 5.76. The third-order valence-corrected chi connectivity index (χ3v) is 12.8. The Morgan fingerprint density at radius 2 is 1.80 bits per heavy atom. The number of terminal acetylenes is 1. The average Bonchev–Trinajstić information content (AvgIpc) is 2.62. The molecule has 0 saturated heterocycles. The van der Waals surface area contributed by atoms with E-state index < -0.39 is 8.32 Å². The maximum atomic E-state index is 6.97. The number of benzene rings is 1. The molecule has 1 aromatic rings. The summed E-state index contributed by atoms with van der Waals surface area (Å²) in [6, 6.07) is 6.22. The number of alkyl halides is 1. The van der Waals surface area contributed by atoms with Gasteiger partial charge in [-0.1, -0.05) is 26.7 Å². The number of hydrogen-bond acceptors (Lipinski definition) is 2. The lowest BCUT2D eigenvalue weighted by Gasteiger charge is -2.55. The molecule has 162 valence electrons. The standard InChI is InChI=1S/C26H35ClO2Si/c1-8-18-9-10-19(13-22(18)29-30(6,7)25(2,3)4)24(28-5)23-20-11-17-12-21(23)16-26(27,14-17)15-20/h1,9-10,13,17,20-21H,11-12,14-16H2,2-7H3/b24-23-/t17?,20?,21-,26?/m0/s1. The van der Waals surface area contributed by atoms with E-state index in [1.54, 1.807) is 7.11 Å². The van der Waals surface area contributed by atoms with Gasteiger partial charge in [0.15, 0.2) is 0 Å². The van der Waals surface area contributed by atoms with E-state index in [2.05, 4.69) is 51.9 Å². The molecule has 0 radical (unpaired) electrons. The highest BCUT2D eigenvalue weighted by Crippen LogP contribution is 2.61. The molecule has 5 rings (SSSR count). The van der Waals surface area contributed by atoms with Crippen LogP contribution in [-0.4, -0.2) is 20.3 Å². The second-order valence-corrected chi connectivity index (χ2v) is 16.7. The third-order valence-electron chi connectivity index (χ3n) is 8.03. The van der Waals surface area contributed by atoms with Crippen molar-refractivity contribution in [3.63, 3.8) is 0 Å². The van der Waals surface area contributed by atoms with E-state index >= 15 is 0 Å². The zero-order valence-corrected chi connectivity index (χ0v) is 21.0. The summed E-state index contributed by atoms with van der Waals surface area (Å²) in [5, 5.41) is 0.105. The molecule has 1 aromatic carbocycles. The van der Waals surface area contributed by atoms with Gasteiger partial charge in [0.25, 0.3) is 8.32 Å². The Morgan fingerprint density at radius 1 is 1.17 bits per heavy atom. The fraction of sp³-hybridized carbons (Fsp3) is 0.615. The van der Waals surface area contributed by atoms with Gasteiger partial charge in [0.1, 0.15) is 11.5 Å². The van der Waals surface area contributed by atoms with Gasteiger partial charge in [-0.2, -0.15) is 0 Å².